The number of hydrogen-bond donors (Lipinski definition) is 0. The van der Waals surface area contributed by atoms with Crippen LogP contribution in [0.15, 0.2) is 18.2 Å². The lowest BCUT2D eigenvalue weighted by molar-refractivity contribution is 0.198. The monoisotopic (exact) mass is 198 g/mol. The highest BCUT2D eigenvalue weighted by Crippen LogP contribution is 2.26. The molecular formula is C11H12F2O. The van der Waals surface area contributed by atoms with E-state index in [0.29, 0.717) is 0 Å². The summed E-state index contributed by atoms with van der Waals surface area (Å²) in [7, 11) is 0. The Kier molecular flexibility index (Phi) is 2.66. The van der Waals surface area contributed by atoms with Crippen LogP contribution in [0, 0.1) is 11.6 Å². The number of hydrogen-bond acceptors (Lipinski definition) is 1. The Morgan fingerprint density at radius 1 is 1.14 bits per heavy atom. The van der Waals surface area contributed by atoms with E-state index in [0.717, 1.165) is 31.7 Å². The van der Waals surface area contributed by atoms with Crippen molar-refractivity contribution in [2.45, 2.75) is 31.8 Å². The SMILES string of the molecule is Fc1cccc(OC2CCCC2)c1F. The zero-order valence-corrected chi connectivity index (χ0v) is 7.80. The van der Waals surface area contributed by atoms with E-state index in [1.807, 2.05) is 0 Å². The van der Waals surface area contributed by atoms with E-state index in [2.05, 4.69) is 0 Å². The molecule has 1 fully saturated rings. The molecule has 0 aromatic heterocycles. The van der Waals surface area contributed by atoms with Crippen LogP contribution in [0.2, 0.25) is 0 Å². The van der Waals surface area contributed by atoms with Crippen molar-refractivity contribution < 1.29 is 13.5 Å². The average molecular weight is 198 g/mol. The van der Waals surface area contributed by atoms with Crippen molar-refractivity contribution in [2.24, 2.45) is 0 Å². The van der Waals surface area contributed by atoms with Crippen LogP contribution < -0.4 is 4.74 Å². The summed E-state index contributed by atoms with van der Waals surface area (Å²) in [5, 5.41) is 0. The Hall–Kier alpha value is -1.12. The zero-order valence-electron chi connectivity index (χ0n) is 7.80. The van der Waals surface area contributed by atoms with Crippen LogP contribution in [0.3, 0.4) is 0 Å². The Morgan fingerprint density at radius 3 is 2.57 bits per heavy atom. The van der Waals surface area contributed by atoms with Crippen LogP contribution in [-0.2, 0) is 0 Å². The molecule has 14 heavy (non-hydrogen) atoms. The van der Waals surface area contributed by atoms with Crippen molar-refractivity contribution in [1.82, 2.24) is 0 Å². The molecule has 1 aliphatic rings. The minimum Gasteiger partial charge on any atom is -0.487 e. The highest BCUT2D eigenvalue weighted by Gasteiger charge is 2.19. The minimum atomic E-state index is -0.876. The van der Waals surface area contributed by atoms with E-state index in [1.165, 1.54) is 12.1 Å². The molecule has 0 aliphatic heterocycles. The van der Waals surface area contributed by atoms with E-state index in [-0.39, 0.29) is 11.9 Å². The lowest BCUT2D eigenvalue weighted by atomic mass is 10.3. The van der Waals surface area contributed by atoms with Gasteiger partial charge in [-0.2, -0.15) is 4.39 Å². The normalized spacial score (nSPS) is 17.3. The molecule has 0 bridgehead atoms. The fraction of sp³-hybridized carbons (Fsp3) is 0.455. The zero-order chi connectivity index (χ0) is 9.97. The molecule has 0 radical (unpaired) electrons. The Bertz CT molecular complexity index is 319. The van der Waals surface area contributed by atoms with Gasteiger partial charge < -0.3 is 4.74 Å². The molecule has 76 valence electrons. The smallest absolute Gasteiger partial charge is 0.200 e. The van der Waals surface area contributed by atoms with Crippen molar-refractivity contribution >= 4 is 0 Å². The molecule has 1 aliphatic carbocycles. The maximum Gasteiger partial charge on any atom is 0.200 e. The second kappa shape index (κ2) is 3.95. The number of ether oxygens (including phenoxy) is 1. The molecule has 0 heterocycles. The summed E-state index contributed by atoms with van der Waals surface area (Å²) < 4.78 is 31.3. The molecule has 1 saturated carbocycles. The second-order valence-electron chi connectivity index (χ2n) is 3.58. The molecule has 1 nitrogen and oxygen atoms in total. The third kappa shape index (κ3) is 1.86. The van der Waals surface area contributed by atoms with Gasteiger partial charge >= 0.3 is 0 Å². The molecule has 0 amide bonds. The van der Waals surface area contributed by atoms with Crippen molar-refractivity contribution in [3.63, 3.8) is 0 Å². The molecule has 2 rings (SSSR count). The first-order valence-corrected chi connectivity index (χ1v) is 4.88. The van der Waals surface area contributed by atoms with Crippen LogP contribution in [0.25, 0.3) is 0 Å². The minimum absolute atomic E-state index is 0.0388. The summed E-state index contributed by atoms with van der Waals surface area (Å²) in [6.07, 6.45) is 4.17. The molecule has 0 atom stereocenters. The predicted molar refractivity (Wildman–Crippen MR) is 49.2 cm³/mol. The van der Waals surface area contributed by atoms with Gasteiger partial charge in [0.15, 0.2) is 11.6 Å². The van der Waals surface area contributed by atoms with Gasteiger partial charge in [0.05, 0.1) is 6.10 Å². The Labute approximate surface area is 81.7 Å². The fourth-order valence-corrected chi connectivity index (χ4v) is 1.76. The summed E-state index contributed by atoms with van der Waals surface area (Å²) in [6.45, 7) is 0. The van der Waals surface area contributed by atoms with Crippen molar-refractivity contribution in [3.05, 3.63) is 29.8 Å². The number of benzene rings is 1. The molecule has 0 unspecified atom stereocenters. The van der Waals surface area contributed by atoms with Crippen LogP contribution >= 0.6 is 0 Å². The van der Waals surface area contributed by atoms with E-state index >= 15 is 0 Å². The van der Waals surface area contributed by atoms with Gasteiger partial charge in [0.2, 0.25) is 5.82 Å². The molecule has 0 N–H and O–H groups in total. The highest BCUT2D eigenvalue weighted by atomic mass is 19.2. The predicted octanol–water partition coefficient (Wildman–Crippen LogP) is 3.29. The van der Waals surface area contributed by atoms with Crippen LogP contribution in [-0.4, -0.2) is 6.10 Å². The van der Waals surface area contributed by atoms with Crippen molar-refractivity contribution in [3.8, 4) is 5.75 Å². The van der Waals surface area contributed by atoms with E-state index in [1.54, 1.807) is 0 Å². The quantitative estimate of drug-likeness (QED) is 0.708. The molecule has 1 aromatic carbocycles. The van der Waals surface area contributed by atoms with Gasteiger partial charge in [0, 0.05) is 0 Å². The lowest BCUT2D eigenvalue weighted by Gasteiger charge is -2.13. The van der Waals surface area contributed by atoms with Gasteiger partial charge in [0.25, 0.3) is 0 Å². The average Bonchev–Trinajstić information content (AvgIpc) is 2.66. The molecular weight excluding hydrogens is 186 g/mol. The van der Waals surface area contributed by atoms with Gasteiger partial charge in [0.1, 0.15) is 0 Å². The Balaban J connectivity index is 2.11. The molecule has 3 heteroatoms. The lowest BCUT2D eigenvalue weighted by Crippen LogP contribution is -2.12. The first-order valence-electron chi connectivity index (χ1n) is 4.88. The number of halogens is 2. The summed E-state index contributed by atoms with van der Waals surface area (Å²) in [5.74, 6) is -1.68. The maximum absolute atomic E-state index is 13.2. The summed E-state index contributed by atoms with van der Waals surface area (Å²) in [5.41, 5.74) is 0. The second-order valence-corrected chi connectivity index (χ2v) is 3.58. The molecule has 1 aromatic rings. The van der Waals surface area contributed by atoms with E-state index in [4.69, 9.17) is 4.74 Å². The summed E-state index contributed by atoms with van der Waals surface area (Å²) in [6, 6.07) is 4.02. The van der Waals surface area contributed by atoms with Crippen molar-refractivity contribution in [2.75, 3.05) is 0 Å². The van der Waals surface area contributed by atoms with Gasteiger partial charge in [-0.3, -0.25) is 0 Å². The van der Waals surface area contributed by atoms with Gasteiger partial charge in [-0.05, 0) is 37.8 Å². The van der Waals surface area contributed by atoms with Gasteiger partial charge in [-0.1, -0.05) is 6.07 Å². The maximum atomic E-state index is 13.2. The van der Waals surface area contributed by atoms with Crippen LogP contribution in [0.1, 0.15) is 25.7 Å². The van der Waals surface area contributed by atoms with E-state index in [9.17, 15) is 8.78 Å². The molecule has 0 saturated heterocycles. The third-order valence-electron chi connectivity index (χ3n) is 2.51. The standard InChI is InChI=1S/C11H12F2O/c12-9-6-3-7-10(11(9)13)14-8-4-1-2-5-8/h3,6-8H,1-2,4-5H2. The van der Waals surface area contributed by atoms with Crippen LogP contribution in [0.5, 0.6) is 5.75 Å². The van der Waals surface area contributed by atoms with E-state index < -0.39 is 11.6 Å². The summed E-state index contributed by atoms with van der Waals surface area (Å²) in [4.78, 5) is 0. The first-order chi connectivity index (χ1) is 6.77. The van der Waals surface area contributed by atoms with Gasteiger partial charge in [-0.15, -0.1) is 0 Å². The fourth-order valence-electron chi connectivity index (χ4n) is 1.76. The highest BCUT2D eigenvalue weighted by molar-refractivity contribution is 5.25. The summed E-state index contributed by atoms with van der Waals surface area (Å²) >= 11 is 0. The largest absolute Gasteiger partial charge is 0.487 e. The Morgan fingerprint density at radius 2 is 1.86 bits per heavy atom. The van der Waals surface area contributed by atoms with Gasteiger partial charge in [-0.25, -0.2) is 4.39 Å². The van der Waals surface area contributed by atoms with Crippen molar-refractivity contribution in [1.29, 1.82) is 0 Å². The first kappa shape index (κ1) is 9.44. The third-order valence-corrected chi connectivity index (χ3v) is 2.51. The topological polar surface area (TPSA) is 9.23 Å². The number of rotatable bonds is 2. The van der Waals surface area contributed by atoms with Crippen LogP contribution in [0.4, 0.5) is 8.78 Å². The molecule has 0 spiro atoms.